The molecule has 3 nitrogen and oxygen atoms in total. The molecule has 2 aromatic carbocycles. The van der Waals surface area contributed by atoms with Gasteiger partial charge < -0.3 is 10.1 Å². The van der Waals surface area contributed by atoms with Gasteiger partial charge in [-0.3, -0.25) is 0 Å². The zero-order valence-electron chi connectivity index (χ0n) is 14.1. The minimum absolute atomic E-state index is 0.234. The van der Waals surface area contributed by atoms with Crippen LogP contribution in [0.15, 0.2) is 48.5 Å². The number of hydrogen-bond acceptors (Lipinski definition) is 3. The summed E-state index contributed by atoms with van der Waals surface area (Å²) in [4.78, 5) is 12.2. The third-order valence-corrected chi connectivity index (χ3v) is 3.94. The minimum Gasteiger partial charge on any atom is -0.459 e. The molecule has 0 aromatic heterocycles. The van der Waals surface area contributed by atoms with Gasteiger partial charge in [0, 0.05) is 5.69 Å². The van der Waals surface area contributed by atoms with E-state index in [0.29, 0.717) is 6.61 Å². The van der Waals surface area contributed by atoms with E-state index in [-0.39, 0.29) is 12.0 Å². The van der Waals surface area contributed by atoms with Crippen LogP contribution in [0.1, 0.15) is 37.5 Å². The molecule has 0 unspecified atom stereocenters. The first-order valence-electron chi connectivity index (χ1n) is 8.23. The maximum atomic E-state index is 12.2. The third kappa shape index (κ3) is 4.59. The Labute approximate surface area is 138 Å². The van der Waals surface area contributed by atoms with Crippen molar-refractivity contribution in [3.63, 3.8) is 0 Å². The molecule has 2 aromatic rings. The van der Waals surface area contributed by atoms with Crippen molar-refractivity contribution >= 4 is 11.7 Å². The topological polar surface area (TPSA) is 38.3 Å². The number of hydrogen-bond donors (Lipinski definition) is 1. The van der Waals surface area contributed by atoms with Gasteiger partial charge >= 0.3 is 5.97 Å². The van der Waals surface area contributed by atoms with Crippen LogP contribution in [0.25, 0.3) is 0 Å². The smallest absolute Gasteiger partial charge is 0.328 e. The summed E-state index contributed by atoms with van der Waals surface area (Å²) in [7, 11) is 0. The lowest BCUT2D eigenvalue weighted by atomic mass is 10.0. The number of aryl methyl sites for hydroxylation is 2. The average Bonchev–Trinajstić information content (AvgIpc) is 2.60. The van der Waals surface area contributed by atoms with Gasteiger partial charge in [0.25, 0.3) is 0 Å². The summed E-state index contributed by atoms with van der Waals surface area (Å²) in [5.41, 5.74) is 4.53. The molecule has 1 atom stereocenters. The second-order valence-corrected chi connectivity index (χ2v) is 5.62. The van der Waals surface area contributed by atoms with Gasteiger partial charge in [-0.1, -0.05) is 62.4 Å². The van der Waals surface area contributed by atoms with E-state index < -0.39 is 0 Å². The summed E-state index contributed by atoms with van der Waals surface area (Å²) >= 11 is 0. The number of nitrogens with one attached hydrogen (secondary N) is 1. The van der Waals surface area contributed by atoms with Crippen LogP contribution >= 0.6 is 0 Å². The van der Waals surface area contributed by atoms with E-state index in [4.69, 9.17) is 4.74 Å². The normalized spacial score (nSPS) is 11.8. The molecule has 0 spiro atoms. The maximum absolute atomic E-state index is 12.2. The highest BCUT2D eigenvalue weighted by atomic mass is 16.5. The molecule has 0 radical (unpaired) electrons. The monoisotopic (exact) mass is 311 g/mol. The zero-order valence-corrected chi connectivity index (χ0v) is 14.1. The number of anilines is 1. The van der Waals surface area contributed by atoms with Crippen LogP contribution in [-0.2, 0) is 29.0 Å². The Morgan fingerprint density at radius 3 is 2.17 bits per heavy atom. The molecule has 2 rings (SSSR count). The van der Waals surface area contributed by atoms with Gasteiger partial charge in [-0.25, -0.2) is 4.79 Å². The van der Waals surface area contributed by atoms with E-state index in [1.54, 1.807) is 0 Å². The van der Waals surface area contributed by atoms with E-state index in [1.165, 1.54) is 11.1 Å². The first-order valence-corrected chi connectivity index (χ1v) is 8.23. The molecule has 3 heteroatoms. The van der Waals surface area contributed by atoms with Gasteiger partial charge in [0.05, 0.1) is 0 Å². The number of esters is 1. The molecule has 0 saturated heterocycles. The first-order chi connectivity index (χ1) is 11.2. The van der Waals surface area contributed by atoms with Gasteiger partial charge in [0.2, 0.25) is 0 Å². The Morgan fingerprint density at radius 1 is 1.00 bits per heavy atom. The van der Waals surface area contributed by atoms with Gasteiger partial charge in [-0.05, 0) is 36.5 Å². The number of para-hydroxylation sites is 1. The molecule has 1 N–H and O–H groups in total. The van der Waals surface area contributed by atoms with Crippen LogP contribution < -0.4 is 5.32 Å². The molecule has 0 bridgehead atoms. The Hall–Kier alpha value is -2.29. The first kappa shape index (κ1) is 17.1. The molecule has 0 aliphatic carbocycles. The second kappa shape index (κ2) is 8.37. The van der Waals surface area contributed by atoms with Crippen molar-refractivity contribution in [2.45, 2.75) is 46.3 Å². The SMILES string of the molecule is CCc1cccc(CC)c1N[C@@H](C)C(=O)OCc1ccccc1. The highest BCUT2D eigenvalue weighted by Gasteiger charge is 2.17. The van der Waals surface area contributed by atoms with Gasteiger partial charge in [0.15, 0.2) is 0 Å². The zero-order chi connectivity index (χ0) is 16.7. The van der Waals surface area contributed by atoms with Crippen molar-refractivity contribution in [1.82, 2.24) is 0 Å². The van der Waals surface area contributed by atoms with Crippen LogP contribution in [0, 0.1) is 0 Å². The van der Waals surface area contributed by atoms with Crippen LogP contribution in [-0.4, -0.2) is 12.0 Å². The predicted molar refractivity (Wildman–Crippen MR) is 94.5 cm³/mol. The highest BCUT2D eigenvalue weighted by Crippen LogP contribution is 2.23. The summed E-state index contributed by atoms with van der Waals surface area (Å²) in [6, 6.07) is 15.6. The van der Waals surface area contributed by atoms with E-state index in [2.05, 4.69) is 37.4 Å². The molecule has 0 fully saturated rings. The molecular weight excluding hydrogens is 286 g/mol. The van der Waals surface area contributed by atoms with Gasteiger partial charge in [-0.15, -0.1) is 0 Å². The fourth-order valence-electron chi connectivity index (χ4n) is 2.56. The predicted octanol–water partition coefficient (Wildman–Crippen LogP) is 4.36. The van der Waals surface area contributed by atoms with Crippen molar-refractivity contribution < 1.29 is 9.53 Å². The number of benzene rings is 2. The molecule has 0 aliphatic heterocycles. The summed E-state index contributed by atoms with van der Waals surface area (Å²) in [6.07, 6.45) is 1.86. The standard InChI is InChI=1S/C20H25NO2/c1-4-17-12-9-13-18(5-2)19(17)21-15(3)20(22)23-14-16-10-7-6-8-11-16/h6-13,15,21H,4-5,14H2,1-3H3/t15-/m0/s1. The number of carbonyl (C=O) groups is 1. The summed E-state index contributed by atoms with van der Waals surface area (Å²) in [5.74, 6) is -0.234. The van der Waals surface area contributed by atoms with Crippen LogP contribution in [0.3, 0.4) is 0 Å². The largest absolute Gasteiger partial charge is 0.459 e. The van der Waals surface area contributed by atoms with Gasteiger partial charge in [0.1, 0.15) is 12.6 Å². The van der Waals surface area contributed by atoms with E-state index in [9.17, 15) is 4.79 Å². The van der Waals surface area contributed by atoms with Crippen molar-refractivity contribution in [3.8, 4) is 0 Å². The molecule has 0 heterocycles. The van der Waals surface area contributed by atoms with Crippen LogP contribution in [0.2, 0.25) is 0 Å². The molecule has 0 aliphatic rings. The Bertz CT molecular complexity index is 615. The molecule has 23 heavy (non-hydrogen) atoms. The van der Waals surface area contributed by atoms with E-state index in [1.807, 2.05) is 37.3 Å². The van der Waals surface area contributed by atoms with Gasteiger partial charge in [-0.2, -0.15) is 0 Å². The molecule has 0 amide bonds. The average molecular weight is 311 g/mol. The molecule has 0 saturated carbocycles. The Kier molecular flexibility index (Phi) is 6.21. The summed E-state index contributed by atoms with van der Waals surface area (Å²) in [5, 5.41) is 3.34. The second-order valence-electron chi connectivity index (χ2n) is 5.62. The number of rotatable bonds is 7. The van der Waals surface area contributed by atoms with Crippen molar-refractivity contribution in [3.05, 3.63) is 65.2 Å². The lowest BCUT2D eigenvalue weighted by Crippen LogP contribution is -2.29. The van der Waals surface area contributed by atoms with Crippen molar-refractivity contribution in [1.29, 1.82) is 0 Å². The number of ether oxygens (including phenoxy) is 1. The minimum atomic E-state index is -0.378. The fraction of sp³-hybridized carbons (Fsp3) is 0.350. The Balaban J connectivity index is 2.01. The fourth-order valence-corrected chi connectivity index (χ4v) is 2.56. The summed E-state index contributed by atoms with van der Waals surface area (Å²) < 4.78 is 5.41. The van der Waals surface area contributed by atoms with E-state index in [0.717, 1.165) is 24.1 Å². The molecule has 122 valence electrons. The van der Waals surface area contributed by atoms with Crippen LogP contribution in [0.4, 0.5) is 5.69 Å². The van der Waals surface area contributed by atoms with Crippen molar-refractivity contribution in [2.24, 2.45) is 0 Å². The number of carbonyl (C=O) groups excluding carboxylic acids is 1. The highest BCUT2D eigenvalue weighted by molar-refractivity contribution is 5.79. The maximum Gasteiger partial charge on any atom is 0.328 e. The quantitative estimate of drug-likeness (QED) is 0.772. The summed E-state index contributed by atoms with van der Waals surface area (Å²) in [6.45, 7) is 6.40. The van der Waals surface area contributed by atoms with Crippen LogP contribution in [0.5, 0.6) is 0 Å². The lowest BCUT2D eigenvalue weighted by Gasteiger charge is -2.19. The van der Waals surface area contributed by atoms with E-state index >= 15 is 0 Å². The third-order valence-electron chi connectivity index (χ3n) is 3.94. The molecular formula is C20H25NO2. The lowest BCUT2D eigenvalue weighted by molar-refractivity contribution is -0.145. The van der Waals surface area contributed by atoms with Crippen molar-refractivity contribution in [2.75, 3.05) is 5.32 Å². The Morgan fingerprint density at radius 2 is 1.61 bits per heavy atom.